The minimum absolute atomic E-state index is 0. The lowest BCUT2D eigenvalue weighted by atomic mass is 10.1. The third-order valence-electron chi connectivity index (χ3n) is 4.73. The van der Waals surface area contributed by atoms with E-state index >= 15 is 0 Å². The van der Waals surface area contributed by atoms with Crippen LogP contribution in [-0.2, 0) is 11.2 Å². The number of piperazine rings is 1. The first kappa shape index (κ1) is 19.4. The van der Waals surface area contributed by atoms with E-state index in [0.29, 0.717) is 30.6 Å². The second-order valence-corrected chi connectivity index (χ2v) is 6.87. The second kappa shape index (κ2) is 8.48. The second-order valence-electron chi connectivity index (χ2n) is 6.46. The van der Waals surface area contributed by atoms with Crippen molar-refractivity contribution in [3.8, 4) is 0 Å². The highest BCUT2D eigenvalue weighted by molar-refractivity contribution is 6.31. The lowest BCUT2D eigenvalue weighted by Crippen LogP contribution is -2.51. The lowest BCUT2D eigenvalue weighted by Gasteiger charge is -2.35. The molecule has 1 atom stereocenters. The molecule has 4 nitrogen and oxygen atoms in total. The van der Waals surface area contributed by atoms with Gasteiger partial charge in [-0.25, -0.2) is 4.39 Å². The molecule has 3 rings (SSSR count). The number of β-amino-alcohol motifs (C(OH)–C–C–N with tert-alkyl or cyclic N) is 1. The number of amides is 1. The van der Waals surface area contributed by atoms with Crippen LogP contribution in [0.5, 0.6) is 0 Å². The Hall–Kier alpha value is -0.880. The molecule has 0 aromatic heterocycles. The van der Waals surface area contributed by atoms with Crippen LogP contribution >= 0.6 is 24.0 Å². The van der Waals surface area contributed by atoms with Gasteiger partial charge in [-0.2, -0.15) is 0 Å². The molecule has 1 heterocycles. The summed E-state index contributed by atoms with van der Waals surface area (Å²) in [5, 5.41) is 10.3. The van der Waals surface area contributed by atoms with Crippen molar-refractivity contribution < 1.29 is 14.3 Å². The van der Waals surface area contributed by atoms with Crippen LogP contribution in [0, 0.1) is 11.7 Å². The van der Waals surface area contributed by atoms with Gasteiger partial charge in [0.25, 0.3) is 0 Å². The van der Waals surface area contributed by atoms with E-state index in [0.717, 1.165) is 25.9 Å². The standard InChI is InChI=1S/C17H22ClFN2O2.ClH/c18-14-2-1-3-15(19)13(14)10-17(23)21-8-6-20(7-9-21)11-16(22)12-4-5-12;/h1-3,12,16,22H,4-11H2;1H. The molecule has 1 amide bonds. The first-order valence-corrected chi connectivity index (χ1v) is 8.53. The fourth-order valence-corrected chi connectivity index (χ4v) is 3.27. The summed E-state index contributed by atoms with van der Waals surface area (Å²) in [6.45, 7) is 3.41. The number of nitrogens with zero attached hydrogens (tertiary/aromatic N) is 2. The molecule has 2 aliphatic rings. The Morgan fingerprint density at radius 2 is 1.96 bits per heavy atom. The Bertz CT molecular complexity index is 555. The van der Waals surface area contributed by atoms with Gasteiger partial charge in [0.05, 0.1) is 12.5 Å². The van der Waals surface area contributed by atoms with Crippen LogP contribution in [0.3, 0.4) is 0 Å². The predicted octanol–water partition coefficient (Wildman–Crippen LogP) is 2.36. The largest absolute Gasteiger partial charge is 0.392 e. The molecule has 1 saturated heterocycles. The molecule has 1 aliphatic heterocycles. The molecule has 2 fully saturated rings. The maximum Gasteiger partial charge on any atom is 0.227 e. The monoisotopic (exact) mass is 376 g/mol. The number of benzene rings is 1. The summed E-state index contributed by atoms with van der Waals surface area (Å²) in [6, 6.07) is 4.46. The fourth-order valence-electron chi connectivity index (χ4n) is 3.04. The number of halogens is 3. The molecule has 7 heteroatoms. The maximum absolute atomic E-state index is 13.8. The van der Waals surface area contributed by atoms with Crippen LogP contribution in [0.4, 0.5) is 4.39 Å². The normalized spacial score (nSPS) is 19.7. The summed E-state index contributed by atoms with van der Waals surface area (Å²) >= 11 is 5.98. The molecule has 134 valence electrons. The van der Waals surface area contributed by atoms with Gasteiger partial charge in [-0.15, -0.1) is 12.4 Å². The van der Waals surface area contributed by atoms with Gasteiger partial charge in [0, 0.05) is 43.3 Å². The van der Waals surface area contributed by atoms with Crippen LogP contribution in [0.1, 0.15) is 18.4 Å². The SMILES string of the molecule is Cl.O=C(Cc1c(F)cccc1Cl)N1CCN(CC(O)C2CC2)CC1. The Morgan fingerprint density at radius 1 is 1.29 bits per heavy atom. The number of hydrogen-bond acceptors (Lipinski definition) is 3. The van der Waals surface area contributed by atoms with Gasteiger partial charge in [0.15, 0.2) is 0 Å². The van der Waals surface area contributed by atoms with Gasteiger partial charge in [-0.1, -0.05) is 17.7 Å². The van der Waals surface area contributed by atoms with Gasteiger partial charge in [0.1, 0.15) is 5.82 Å². The molecular weight excluding hydrogens is 354 g/mol. The molecule has 0 spiro atoms. The Balaban J connectivity index is 0.00000208. The van der Waals surface area contributed by atoms with Crippen LogP contribution in [0.25, 0.3) is 0 Å². The van der Waals surface area contributed by atoms with Crippen molar-refractivity contribution >= 4 is 29.9 Å². The highest BCUT2D eigenvalue weighted by atomic mass is 35.5. The molecule has 1 aliphatic carbocycles. The third kappa shape index (κ3) is 4.82. The van der Waals surface area contributed by atoms with Gasteiger partial charge >= 0.3 is 0 Å². The summed E-state index contributed by atoms with van der Waals surface area (Å²) in [5.41, 5.74) is 0.269. The fraction of sp³-hybridized carbons (Fsp3) is 0.588. The van der Waals surface area contributed by atoms with Crippen LogP contribution in [0.15, 0.2) is 18.2 Å². The number of aliphatic hydroxyl groups is 1. The number of carbonyl (C=O) groups excluding carboxylic acids is 1. The van der Waals surface area contributed by atoms with E-state index in [1.807, 2.05) is 0 Å². The molecule has 0 bridgehead atoms. The van der Waals surface area contributed by atoms with E-state index in [-0.39, 0.29) is 36.4 Å². The number of rotatable bonds is 5. The van der Waals surface area contributed by atoms with E-state index in [4.69, 9.17) is 11.6 Å². The topological polar surface area (TPSA) is 43.8 Å². The quantitative estimate of drug-likeness (QED) is 0.857. The highest BCUT2D eigenvalue weighted by Gasteiger charge is 2.32. The highest BCUT2D eigenvalue weighted by Crippen LogP contribution is 2.33. The smallest absolute Gasteiger partial charge is 0.227 e. The first-order valence-electron chi connectivity index (χ1n) is 8.15. The minimum Gasteiger partial charge on any atom is -0.392 e. The summed E-state index contributed by atoms with van der Waals surface area (Å²) in [7, 11) is 0. The van der Waals surface area contributed by atoms with Crippen molar-refractivity contribution in [2.45, 2.75) is 25.4 Å². The molecule has 1 saturated carbocycles. The number of hydrogen-bond donors (Lipinski definition) is 1. The van der Waals surface area contributed by atoms with E-state index in [2.05, 4.69) is 4.90 Å². The average Bonchev–Trinajstić information content (AvgIpc) is 3.36. The third-order valence-corrected chi connectivity index (χ3v) is 5.08. The van der Waals surface area contributed by atoms with Gasteiger partial charge < -0.3 is 10.0 Å². The molecule has 1 N–H and O–H groups in total. The van der Waals surface area contributed by atoms with E-state index in [1.165, 1.54) is 12.1 Å². The molecule has 1 aromatic rings. The maximum atomic E-state index is 13.8. The Labute approximate surface area is 153 Å². The van der Waals surface area contributed by atoms with Crippen molar-refractivity contribution in [1.29, 1.82) is 0 Å². The van der Waals surface area contributed by atoms with Crippen LogP contribution < -0.4 is 0 Å². The van der Waals surface area contributed by atoms with Gasteiger partial charge in [-0.05, 0) is 30.9 Å². The minimum atomic E-state index is -0.433. The molecule has 24 heavy (non-hydrogen) atoms. The van der Waals surface area contributed by atoms with E-state index in [9.17, 15) is 14.3 Å². The Kier molecular flexibility index (Phi) is 6.87. The zero-order valence-electron chi connectivity index (χ0n) is 13.5. The summed E-state index contributed by atoms with van der Waals surface area (Å²) in [5.74, 6) is -0.0608. The van der Waals surface area contributed by atoms with Crippen LogP contribution in [0.2, 0.25) is 5.02 Å². The molecule has 1 aromatic carbocycles. The van der Waals surface area contributed by atoms with Crippen molar-refractivity contribution in [3.63, 3.8) is 0 Å². The average molecular weight is 377 g/mol. The van der Waals surface area contributed by atoms with Crippen LogP contribution in [-0.4, -0.2) is 59.6 Å². The molecule has 0 radical (unpaired) electrons. The lowest BCUT2D eigenvalue weighted by molar-refractivity contribution is -0.132. The van der Waals surface area contributed by atoms with Gasteiger partial charge in [0.2, 0.25) is 5.91 Å². The number of aliphatic hydroxyl groups excluding tert-OH is 1. The zero-order chi connectivity index (χ0) is 16.4. The van der Waals surface area contributed by atoms with Crippen molar-refractivity contribution in [2.24, 2.45) is 5.92 Å². The molecular formula is C17H23Cl2FN2O2. The Morgan fingerprint density at radius 3 is 2.54 bits per heavy atom. The zero-order valence-corrected chi connectivity index (χ0v) is 15.0. The summed E-state index contributed by atoms with van der Waals surface area (Å²) in [6.07, 6.45) is 2.01. The first-order chi connectivity index (χ1) is 11.0. The van der Waals surface area contributed by atoms with Crippen molar-refractivity contribution in [1.82, 2.24) is 9.80 Å². The van der Waals surface area contributed by atoms with Crippen molar-refractivity contribution in [2.75, 3.05) is 32.7 Å². The predicted molar refractivity (Wildman–Crippen MR) is 94.1 cm³/mol. The summed E-state index contributed by atoms with van der Waals surface area (Å²) in [4.78, 5) is 16.3. The number of carbonyl (C=O) groups is 1. The van der Waals surface area contributed by atoms with E-state index < -0.39 is 5.82 Å². The van der Waals surface area contributed by atoms with Gasteiger partial charge in [-0.3, -0.25) is 9.69 Å². The van der Waals surface area contributed by atoms with E-state index in [1.54, 1.807) is 11.0 Å². The molecule has 1 unspecified atom stereocenters. The van der Waals surface area contributed by atoms with Crippen molar-refractivity contribution in [3.05, 3.63) is 34.6 Å². The summed E-state index contributed by atoms with van der Waals surface area (Å²) < 4.78 is 13.8.